The normalized spacial score (nSPS) is 39.3. The fraction of sp³-hybridized carbons (Fsp3) is 0.820. The van der Waals surface area contributed by atoms with Crippen LogP contribution in [0.15, 0.2) is 35.6 Å². The number of esters is 1. The molecule has 0 spiro atoms. The zero-order valence-electron chi connectivity index (χ0n) is 44.2. The van der Waals surface area contributed by atoms with Crippen LogP contribution in [0, 0.1) is 17.8 Å². The lowest BCUT2D eigenvalue weighted by Gasteiger charge is -2.49. The molecule has 21 nitrogen and oxygen atoms in total. The van der Waals surface area contributed by atoms with Gasteiger partial charge >= 0.3 is 5.97 Å². The van der Waals surface area contributed by atoms with Crippen LogP contribution in [0.1, 0.15) is 107 Å². The first-order valence-corrected chi connectivity index (χ1v) is 25.3. The summed E-state index contributed by atoms with van der Waals surface area (Å²) in [5.41, 5.74) is 5.38. The number of carbonyl (C=O) groups is 1. The third kappa shape index (κ3) is 14.6. The highest BCUT2D eigenvalue weighted by molar-refractivity contribution is 5.73. The second-order valence-electron chi connectivity index (χ2n) is 21.3. The van der Waals surface area contributed by atoms with Crippen LogP contribution in [0.25, 0.3) is 10.4 Å². The van der Waals surface area contributed by atoms with Crippen LogP contribution in [0.2, 0.25) is 0 Å². The van der Waals surface area contributed by atoms with Gasteiger partial charge in [0.25, 0.3) is 0 Å². The van der Waals surface area contributed by atoms with Crippen molar-refractivity contribution in [3.63, 3.8) is 0 Å². The van der Waals surface area contributed by atoms with Crippen molar-refractivity contribution in [2.75, 3.05) is 40.9 Å². The summed E-state index contributed by atoms with van der Waals surface area (Å²) in [6.07, 6.45) is -5.95. The topological polar surface area (TPSA) is 269 Å². The third-order valence-electron chi connectivity index (χ3n) is 15.2. The van der Waals surface area contributed by atoms with Crippen molar-refractivity contribution in [2.45, 2.75) is 205 Å². The molecular formula is C50H84N8O13. The minimum absolute atomic E-state index is 0.0986. The van der Waals surface area contributed by atoms with Gasteiger partial charge in [-0.15, -0.1) is 5.10 Å². The first-order valence-electron chi connectivity index (χ1n) is 25.3. The summed E-state index contributed by atoms with van der Waals surface area (Å²) in [7, 11) is 5.26. The Labute approximate surface area is 419 Å². The standard InChI is InChI=1S/C50H84N8O13/c1-14-39-50(10,64)43(60)33(6)57(12)27-29(2)25-48(8,63)45(31(4)42(32(5)46(62)69-39)70-40-26-49(9,65-13)44(61)34(7)68-40)71-47-41(59)38(24-30(3)67-47)56(11)22-20-36-28-58(55-53-36)21-15-23-66-37-18-16-35(17-19-37)52-54-51/h16-19,28-34,38-45,47,59-61,63-64H,14-15,20-27H2,1-13H3/t29-,30-,31+,32-,33-,34+,38+,39-,40+,41-,42+,43-,44+,45-,47+,48-,49-,50-/m1/s1. The Morgan fingerprint density at radius 3 is 2.34 bits per heavy atom. The van der Waals surface area contributed by atoms with Crippen molar-refractivity contribution in [2.24, 2.45) is 22.9 Å². The molecule has 0 amide bonds. The molecule has 5 rings (SSSR count). The van der Waals surface area contributed by atoms with Gasteiger partial charge in [-0.1, -0.05) is 31.1 Å². The summed E-state index contributed by atoms with van der Waals surface area (Å²) in [5.74, 6) is -2.12. The van der Waals surface area contributed by atoms with Gasteiger partial charge in [-0.2, -0.15) is 0 Å². The van der Waals surface area contributed by atoms with E-state index in [0.717, 1.165) is 5.69 Å². The quantitative estimate of drug-likeness (QED) is 0.0509. The lowest BCUT2D eigenvalue weighted by atomic mass is 9.77. The van der Waals surface area contributed by atoms with Gasteiger partial charge in [-0.25, -0.2) is 0 Å². The van der Waals surface area contributed by atoms with Crippen molar-refractivity contribution in [3.05, 3.63) is 46.6 Å². The Morgan fingerprint density at radius 1 is 1.00 bits per heavy atom. The summed E-state index contributed by atoms with van der Waals surface area (Å²) < 4.78 is 45.8. The van der Waals surface area contributed by atoms with Gasteiger partial charge in [0.2, 0.25) is 0 Å². The largest absolute Gasteiger partial charge is 0.494 e. The molecule has 21 heteroatoms. The van der Waals surface area contributed by atoms with E-state index in [0.29, 0.717) is 56.9 Å². The SMILES string of the molecule is CC[C@H]1OC(=O)[C@H](C)[C@@H](O[C@H]2C[C@@](C)(OC)[C@@H](O)[C@H](C)O2)[C@H](C)[C@@H](O[C@@H]2O[C@H](C)C[C@H](N(C)CCc3cn(CCCOc4ccc(N=[N+]=[N-])cc4)nn3)[C@H]2O)[C@](C)(O)C[C@@H](C)CN(C)[C@H](C)[C@@H](O)[C@]1(C)O. The van der Waals surface area contributed by atoms with E-state index in [2.05, 4.69) is 25.2 Å². The minimum Gasteiger partial charge on any atom is -0.494 e. The Kier molecular flexibility index (Phi) is 20.7. The Morgan fingerprint density at radius 2 is 1.69 bits per heavy atom. The fourth-order valence-electron chi connectivity index (χ4n) is 10.8. The Hall–Kier alpha value is -3.54. The number of aliphatic hydroxyl groups excluding tert-OH is 3. The maximum Gasteiger partial charge on any atom is 0.311 e. The predicted molar refractivity (Wildman–Crippen MR) is 262 cm³/mol. The molecule has 4 heterocycles. The first kappa shape index (κ1) is 58.4. The summed E-state index contributed by atoms with van der Waals surface area (Å²) in [6.45, 7) is 19.5. The van der Waals surface area contributed by atoms with Crippen molar-refractivity contribution in [1.29, 1.82) is 0 Å². The van der Waals surface area contributed by atoms with E-state index in [1.54, 1.807) is 70.5 Å². The molecule has 5 N–H and O–H groups in total. The van der Waals surface area contributed by atoms with Gasteiger partial charge < -0.3 is 68.5 Å². The van der Waals surface area contributed by atoms with Gasteiger partial charge in [0.1, 0.15) is 35.8 Å². The lowest BCUT2D eigenvalue weighted by molar-refractivity contribution is -0.318. The molecule has 71 heavy (non-hydrogen) atoms. The highest BCUT2D eigenvalue weighted by Gasteiger charge is 2.53. The molecule has 0 aliphatic carbocycles. The number of rotatable bonds is 16. The Balaban J connectivity index is 1.38. The van der Waals surface area contributed by atoms with Gasteiger partial charge in [0, 0.05) is 80.8 Å². The van der Waals surface area contributed by atoms with Gasteiger partial charge in [-0.05, 0) is 118 Å². The van der Waals surface area contributed by atoms with Gasteiger partial charge in [-0.3, -0.25) is 9.48 Å². The number of aryl methyl sites for hydroxylation is 1. The van der Waals surface area contributed by atoms with Crippen molar-refractivity contribution in [3.8, 4) is 5.75 Å². The molecule has 1 aromatic heterocycles. The van der Waals surface area contributed by atoms with Crippen molar-refractivity contribution < 1.29 is 63.5 Å². The van der Waals surface area contributed by atoms with Crippen molar-refractivity contribution >= 4 is 11.7 Å². The van der Waals surface area contributed by atoms with E-state index in [9.17, 15) is 30.3 Å². The number of likely N-dealkylation sites (N-methyl/N-ethyl adjacent to an activating group) is 2. The van der Waals surface area contributed by atoms with Crippen LogP contribution < -0.4 is 4.74 Å². The van der Waals surface area contributed by atoms with Crippen LogP contribution in [0.5, 0.6) is 5.75 Å². The minimum atomic E-state index is -1.84. The molecule has 0 saturated carbocycles. The molecule has 2 aromatic rings. The summed E-state index contributed by atoms with van der Waals surface area (Å²) >= 11 is 0. The highest BCUT2D eigenvalue weighted by atomic mass is 16.7. The highest BCUT2D eigenvalue weighted by Crippen LogP contribution is 2.40. The molecule has 0 radical (unpaired) electrons. The molecule has 18 atom stereocenters. The molecule has 3 saturated heterocycles. The maximum atomic E-state index is 14.5. The average Bonchev–Trinajstić information content (AvgIpc) is 3.78. The van der Waals surface area contributed by atoms with Crippen LogP contribution in [0.3, 0.4) is 0 Å². The predicted octanol–water partition coefficient (Wildman–Crippen LogP) is 4.52. The smallest absolute Gasteiger partial charge is 0.311 e. The monoisotopic (exact) mass is 1000 g/mol. The van der Waals surface area contributed by atoms with E-state index in [4.69, 9.17) is 38.7 Å². The first-order chi connectivity index (χ1) is 33.3. The van der Waals surface area contributed by atoms with Crippen molar-refractivity contribution in [1.82, 2.24) is 24.8 Å². The maximum absolute atomic E-state index is 14.5. The molecular weight excluding hydrogens is 921 g/mol. The van der Waals surface area contributed by atoms with Crippen LogP contribution in [-0.4, -0.2) is 187 Å². The number of azide groups is 1. The number of nitrogens with zero attached hydrogens (tertiary/aromatic N) is 8. The lowest BCUT2D eigenvalue weighted by Crippen LogP contribution is -2.61. The zero-order valence-corrected chi connectivity index (χ0v) is 44.2. The second-order valence-corrected chi connectivity index (χ2v) is 21.3. The number of aromatic nitrogens is 3. The van der Waals surface area contributed by atoms with E-state index >= 15 is 0 Å². The number of cyclic esters (lactones) is 1. The molecule has 3 aliphatic rings. The molecule has 3 aliphatic heterocycles. The zero-order chi connectivity index (χ0) is 52.6. The molecule has 402 valence electrons. The number of hydrogen-bond donors (Lipinski definition) is 5. The number of benzene rings is 1. The number of aliphatic hydroxyl groups is 5. The van der Waals surface area contributed by atoms with E-state index < -0.39 is 102 Å². The number of ether oxygens (including phenoxy) is 7. The number of hydrogen-bond acceptors (Lipinski definition) is 18. The van der Waals surface area contributed by atoms with Gasteiger partial charge in [0.15, 0.2) is 12.6 Å². The summed E-state index contributed by atoms with van der Waals surface area (Å²) in [5, 5.41) is 71.9. The van der Waals surface area contributed by atoms with E-state index in [1.165, 1.54) is 14.0 Å². The molecule has 3 fully saturated rings. The Bertz CT molecular complexity index is 2020. The van der Waals surface area contributed by atoms with Gasteiger partial charge in [0.05, 0.1) is 53.8 Å². The second kappa shape index (κ2) is 25.1. The molecule has 1 aromatic carbocycles. The van der Waals surface area contributed by atoms with Crippen LogP contribution >= 0.6 is 0 Å². The van der Waals surface area contributed by atoms with Crippen LogP contribution in [0.4, 0.5) is 5.69 Å². The summed E-state index contributed by atoms with van der Waals surface area (Å²) in [4.78, 5) is 21.2. The fourth-order valence-corrected chi connectivity index (χ4v) is 10.8. The molecule has 0 unspecified atom stereocenters. The number of methoxy groups -OCH3 is 1. The van der Waals surface area contributed by atoms with E-state index in [1.807, 2.05) is 46.0 Å². The van der Waals surface area contributed by atoms with E-state index in [-0.39, 0.29) is 31.3 Å². The van der Waals surface area contributed by atoms with Crippen LogP contribution in [-0.2, 0) is 46.2 Å². The molecule has 0 bridgehead atoms. The number of carbonyl (C=O) groups excluding carboxylic acids is 1. The third-order valence-corrected chi connectivity index (χ3v) is 15.2. The summed E-state index contributed by atoms with van der Waals surface area (Å²) in [6, 6.07) is 5.88. The average molecular weight is 1010 g/mol.